The van der Waals surface area contributed by atoms with Gasteiger partial charge in [-0.3, -0.25) is 0 Å². The summed E-state index contributed by atoms with van der Waals surface area (Å²) in [6.45, 7) is 2.00. The average Bonchev–Trinajstić information content (AvgIpc) is 2.84. The molecule has 0 atom stereocenters. The minimum absolute atomic E-state index is 0.199. The number of aryl methyl sites for hydroxylation is 1. The number of benzene rings is 1. The van der Waals surface area contributed by atoms with Crippen molar-refractivity contribution in [3.8, 4) is 11.4 Å². The molecule has 0 aliphatic heterocycles. The normalized spacial score (nSPS) is 10.6. The van der Waals surface area contributed by atoms with Gasteiger partial charge in [0.1, 0.15) is 11.6 Å². The van der Waals surface area contributed by atoms with Gasteiger partial charge in [-0.15, -0.1) is 5.10 Å². The summed E-state index contributed by atoms with van der Waals surface area (Å²) in [6, 6.07) is 5.43. The lowest BCUT2D eigenvalue weighted by molar-refractivity contribution is 0.0683. The zero-order valence-electron chi connectivity index (χ0n) is 11.1. The Hall–Kier alpha value is -1.89. The van der Waals surface area contributed by atoms with Gasteiger partial charge in [-0.05, 0) is 34.5 Å². The standard InChI is InChI=1S/C13H14BrN3O3/c1-3-4-11-15-12(13(18)19)16-17(11)8-5-6-9(14)10(7-8)20-2/h5-7H,3-4H2,1-2H3,(H,18,19). The molecular formula is C13H14BrN3O3. The molecule has 7 heteroatoms. The van der Waals surface area contributed by atoms with E-state index in [9.17, 15) is 4.79 Å². The minimum Gasteiger partial charge on any atom is -0.495 e. The van der Waals surface area contributed by atoms with Crippen molar-refractivity contribution >= 4 is 21.9 Å². The van der Waals surface area contributed by atoms with Crippen LogP contribution in [0.15, 0.2) is 22.7 Å². The first-order valence-electron chi connectivity index (χ1n) is 6.10. The number of nitrogens with zero attached hydrogens (tertiary/aromatic N) is 3. The largest absolute Gasteiger partial charge is 0.495 e. The monoisotopic (exact) mass is 339 g/mol. The molecule has 0 saturated carbocycles. The van der Waals surface area contributed by atoms with Crippen molar-refractivity contribution in [1.82, 2.24) is 14.8 Å². The second kappa shape index (κ2) is 6.04. The van der Waals surface area contributed by atoms with E-state index in [1.54, 1.807) is 17.9 Å². The molecule has 1 aromatic heterocycles. The molecule has 0 amide bonds. The molecular weight excluding hydrogens is 326 g/mol. The Bertz CT molecular complexity index is 640. The third-order valence-corrected chi connectivity index (χ3v) is 3.37. The lowest BCUT2D eigenvalue weighted by Crippen LogP contribution is -2.04. The first-order chi connectivity index (χ1) is 9.56. The van der Waals surface area contributed by atoms with Gasteiger partial charge >= 0.3 is 5.97 Å². The summed E-state index contributed by atoms with van der Waals surface area (Å²) in [5.74, 6) is -0.0629. The van der Waals surface area contributed by atoms with Crippen molar-refractivity contribution in [2.45, 2.75) is 19.8 Å². The minimum atomic E-state index is -1.13. The molecule has 0 radical (unpaired) electrons. The lowest BCUT2D eigenvalue weighted by Gasteiger charge is -2.08. The molecule has 2 aromatic rings. The van der Waals surface area contributed by atoms with Crippen LogP contribution in [-0.2, 0) is 6.42 Å². The van der Waals surface area contributed by atoms with E-state index in [1.807, 2.05) is 19.1 Å². The number of hydrogen-bond donors (Lipinski definition) is 1. The van der Waals surface area contributed by atoms with Crippen LogP contribution in [0.3, 0.4) is 0 Å². The van der Waals surface area contributed by atoms with E-state index < -0.39 is 5.97 Å². The Kier molecular flexibility index (Phi) is 4.39. The smallest absolute Gasteiger partial charge is 0.375 e. The molecule has 106 valence electrons. The van der Waals surface area contributed by atoms with Crippen LogP contribution < -0.4 is 4.74 Å². The molecule has 1 N–H and O–H groups in total. The lowest BCUT2D eigenvalue weighted by atomic mass is 10.3. The second-order valence-electron chi connectivity index (χ2n) is 4.14. The van der Waals surface area contributed by atoms with E-state index >= 15 is 0 Å². The Morgan fingerprint density at radius 2 is 2.25 bits per heavy atom. The van der Waals surface area contributed by atoms with Gasteiger partial charge < -0.3 is 9.84 Å². The topological polar surface area (TPSA) is 77.2 Å². The van der Waals surface area contributed by atoms with E-state index in [1.165, 1.54) is 0 Å². The van der Waals surface area contributed by atoms with Crippen LogP contribution in [0.2, 0.25) is 0 Å². The molecule has 0 saturated heterocycles. The number of ether oxygens (including phenoxy) is 1. The molecule has 0 aliphatic rings. The molecule has 1 aromatic carbocycles. The van der Waals surface area contributed by atoms with Gasteiger partial charge in [0, 0.05) is 12.5 Å². The summed E-state index contributed by atoms with van der Waals surface area (Å²) < 4.78 is 7.60. The maximum absolute atomic E-state index is 11.0. The summed E-state index contributed by atoms with van der Waals surface area (Å²) in [7, 11) is 1.57. The Labute approximate surface area is 124 Å². The van der Waals surface area contributed by atoms with E-state index in [2.05, 4.69) is 26.0 Å². The summed E-state index contributed by atoms with van der Waals surface area (Å²) in [5.41, 5.74) is 0.716. The third-order valence-electron chi connectivity index (χ3n) is 2.72. The van der Waals surface area contributed by atoms with Crippen molar-refractivity contribution in [3.63, 3.8) is 0 Å². The number of aromatic nitrogens is 3. The van der Waals surface area contributed by atoms with Crippen molar-refractivity contribution in [2.75, 3.05) is 7.11 Å². The third kappa shape index (κ3) is 2.82. The number of carboxylic acids is 1. The van der Waals surface area contributed by atoms with E-state index in [-0.39, 0.29) is 5.82 Å². The van der Waals surface area contributed by atoms with Crippen LogP contribution in [0, 0.1) is 0 Å². The molecule has 0 spiro atoms. The molecule has 0 aliphatic carbocycles. The highest BCUT2D eigenvalue weighted by atomic mass is 79.9. The quantitative estimate of drug-likeness (QED) is 0.906. The predicted octanol–water partition coefficient (Wildman–Crippen LogP) is 2.69. The fourth-order valence-electron chi connectivity index (χ4n) is 1.81. The van der Waals surface area contributed by atoms with Crippen LogP contribution in [0.5, 0.6) is 5.75 Å². The van der Waals surface area contributed by atoms with Crippen molar-refractivity contribution in [1.29, 1.82) is 0 Å². The molecule has 20 heavy (non-hydrogen) atoms. The van der Waals surface area contributed by atoms with Crippen LogP contribution in [-0.4, -0.2) is 33.0 Å². The highest BCUT2D eigenvalue weighted by Gasteiger charge is 2.16. The Balaban J connectivity index is 2.52. The first-order valence-corrected chi connectivity index (χ1v) is 6.89. The predicted molar refractivity (Wildman–Crippen MR) is 76.6 cm³/mol. The molecule has 0 fully saturated rings. The molecule has 6 nitrogen and oxygen atoms in total. The maximum Gasteiger partial charge on any atom is 0.375 e. The fourth-order valence-corrected chi connectivity index (χ4v) is 2.22. The van der Waals surface area contributed by atoms with Gasteiger partial charge in [0.15, 0.2) is 0 Å². The maximum atomic E-state index is 11.0. The number of aromatic carboxylic acids is 1. The second-order valence-corrected chi connectivity index (χ2v) is 4.99. The number of methoxy groups -OCH3 is 1. The number of carboxylic acid groups (broad SMARTS) is 1. The molecule has 0 bridgehead atoms. The zero-order chi connectivity index (χ0) is 14.7. The van der Waals surface area contributed by atoms with Crippen LogP contribution >= 0.6 is 15.9 Å². The van der Waals surface area contributed by atoms with Gasteiger partial charge in [0.05, 0.1) is 17.3 Å². The van der Waals surface area contributed by atoms with Crippen LogP contribution in [0.1, 0.15) is 29.8 Å². The number of carbonyl (C=O) groups is 1. The van der Waals surface area contributed by atoms with Crippen LogP contribution in [0.4, 0.5) is 0 Å². The summed E-state index contributed by atoms with van der Waals surface area (Å²) in [6.07, 6.45) is 1.50. The highest BCUT2D eigenvalue weighted by molar-refractivity contribution is 9.10. The zero-order valence-corrected chi connectivity index (χ0v) is 12.7. The van der Waals surface area contributed by atoms with Gasteiger partial charge in [-0.1, -0.05) is 6.92 Å². The van der Waals surface area contributed by atoms with Gasteiger partial charge in [0.2, 0.25) is 0 Å². The number of halogens is 1. The Morgan fingerprint density at radius 1 is 1.50 bits per heavy atom. The summed E-state index contributed by atoms with van der Waals surface area (Å²) in [4.78, 5) is 15.1. The van der Waals surface area contributed by atoms with Crippen LogP contribution in [0.25, 0.3) is 5.69 Å². The van der Waals surface area contributed by atoms with Crippen molar-refractivity contribution in [3.05, 3.63) is 34.3 Å². The van der Waals surface area contributed by atoms with E-state index in [0.29, 0.717) is 23.7 Å². The number of rotatable bonds is 5. The average molecular weight is 340 g/mol. The molecule has 1 heterocycles. The number of hydrogen-bond acceptors (Lipinski definition) is 4. The van der Waals surface area contributed by atoms with Gasteiger partial charge in [-0.25, -0.2) is 14.5 Å². The van der Waals surface area contributed by atoms with Crippen molar-refractivity contribution in [2.24, 2.45) is 0 Å². The van der Waals surface area contributed by atoms with Gasteiger partial charge in [0.25, 0.3) is 5.82 Å². The van der Waals surface area contributed by atoms with E-state index in [0.717, 1.165) is 10.9 Å². The summed E-state index contributed by atoms with van der Waals surface area (Å²) in [5, 5.41) is 13.1. The highest BCUT2D eigenvalue weighted by Crippen LogP contribution is 2.27. The summed E-state index contributed by atoms with van der Waals surface area (Å²) >= 11 is 3.38. The first kappa shape index (κ1) is 14.5. The van der Waals surface area contributed by atoms with Gasteiger partial charge in [-0.2, -0.15) is 0 Å². The molecule has 2 rings (SSSR count). The van der Waals surface area contributed by atoms with E-state index in [4.69, 9.17) is 9.84 Å². The fraction of sp³-hybridized carbons (Fsp3) is 0.308. The molecule has 0 unspecified atom stereocenters. The SMILES string of the molecule is CCCc1nc(C(=O)O)nn1-c1ccc(Br)c(OC)c1. The Morgan fingerprint density at radius 3 is 2.85 bits per heavy atom. The van der Waals surface area contributed by atoms with Crippen molar-refractivity contribution < 1.29 is 14.6 Å².